The van der Waals surface area contributed by atoms with Crippen LogP contribution in [-0.2, 0) is 0 Å². The number of hydrogen-bond acceptors (Lipinski definition) is 0. The Balaban J connectivity index is 1.64. The van der Waals surface area contributed by atoms with Crippen LogP contribution in [-0.4, -0.2) is 0 Å². The van der Waals surface area contributed by atoms with E-state index in [9.17, 15) is 8.78 Å². The highest BCUT2D eigenvalue weighted by Crippen LogP contribution is 2.43. The van der Waals surface area contributed by atoms with Gasteiger partial charge in [0.2, 0.25) is 0 Å². The molecule has 0 aromatic heterocycles. The van der Waals surface area contributed by atoms with Crippen LogP contribution in [0.1, 0.15) is 90.4 Å². The predicted molar refractivity (Wildman–Crippen MR) is 90.0 cm³/mol. The molecular formula is C20H34F2. The van der Waals surface area contributed by atoms with E-state index >= 15 is 0 Å². The lowest BCUT2D eigenvalue weighted by molar-refractivity contribution is 0.141. The minimum absolute atomic E-state index is 0.145. The van der Waals surface area contributed by atoms with Crippen LogP contribution in [0.25, 0.3) is 0 Å². The second kappa shape index (κ2) is 9.67. The van der Waals surface area contributed by atoms with Crippen molar-refractivity contribution in [2.45, 2.75) is 90.4 Å². The Labute approximate surface area is 135 Å². The van der Waals surface area contributed by atoms with Gasteiger partial charge in [-0.05, 0) is 62.2 Å². The Kier molecular flexibility index (Phi) is 7.89. The molecule has 2 saturated carbocycles. The molecule has 0 atom stereocenters. The number of unbranched alkanes of at least 4 members (excludes halogenated alkanes) is 2. The fraction of sp³-hybridized carbons (Fsp3) is 0.900. The molecule has 0 saturated heterocycles. The Bertz CT molecular complexity index is 321. The molecule has 2 rings (SSSR count). The number of halogens is 2. The first-order valence-electron chi connectivity index (χ1n) is 9.67. The molecule has 0 aromatic carbocycles. The Morgan fingerprint density at radius 3 is 1.91 bits per heavy atom. The number of allylic oxidation sites excluding steroid dienone is 1. The molecular weight excluding hydrogens is 278 g/mol. The summed E-state index contributed by atoms with van der Waals surface area (Å²) in [6.07, 6.45) is 16.5. The van der Waals surface area contributed by atoms with Crippen molar-refractivity contribution >= 4 is 0 Å². The third-order valence-corrected chi connectivity index (χ3v) is 6.27. The van der Waals surface area contributed by atoms with Gasteiger partial charge >= 0.3 is 0 Å². The summed E-state index contributed by atoms with van der Waals surface area (Å²) in [7, 11) is 0. The summed E-state index contributed by atoms with van der Waals surface area (Å²) in [5, 5.41) is 0. The van der Waals surface area contributed by atoms with Crippen LogP contribution >= 0.6 is 0 Å². The number of rotatable bonds is 7. The minimum atomic E-state index is -0.559. The van der Waals surface area contributed by atoms with Gasteiger partial charge in [0, 0.05) is 6.42 Å². The standard InChI is InChI=1S/C20H34F2/c1-2-3-4-5-16-6-10-18(11-7-16)19-12-8-17(9-13-19)14-20(22)15-21/h15-19H,2-14H2,1H3/b20-15+. The summed E-state index contributed by atoms with van der Waals surface area (Å²) in [6, 6.07) is 0. The summed E-state index contributed by atoms with van der Waals surface area (Å²) in [4.78, 5) is 0. The zero-order valence-corrected chi connectivity index (χ0v) is 14.3. The molecule has 0 bridgehead atoms. The second-order valence-electron chi connectivity index (χ2n) is 7.82. The zero-order chi connectivity index (χ0) is 15.8. The van der Waals surface area contributed by atoms with Crippen molar-refractivity contribution in [3.05, 3.63) is 12.2 Å². The molecule has 0 spiro atoms. The van der Waals surface area contributed by atoms with Gasteiger partial charge in [-0.1, -0.05) is 45.4 Å². The lowest BCUT2D eigenvalue weighted by Crippen LogP contribution is -2.26. The minimum Gasteiger partial charge on any atom is -0.213 e. The van der Waals surface area contributed by atoms with Crippen molar-refractivity contribution in [2.24, 2.45) is 23.7 Å². The predicted octanol–water partition coefficient (Wildman–Crippen LogP) is 7.35. The van der Waals surface area contributed by atoms with Gasteiger partial charge in [0.05, 0.1) is 0 Å². The van der Waals surface area contributed by atoms with E-state index in [1.807, 2.05) is 0 Å². The van der Waals surface area contributed by atoms with E-state index in [0.717, 1.165) is 30.6 Å². The smallest absolute Gasteiger partial charge is 0.128 e. The van der Waals surface area contributed by atoms with Gasteiger partial charge in [0.1, 0.15) is 12.2 Å². The van der Waals surface area contributed by atoms with E-state index < -0.39 is 5.83 Å². The Morgan fingerprint density at radius 1 is 0.864 bits per heavy atom. The summed E-state index contributed by atoms with van der Waals surface area (Å²) in [5.74, 6) is 2.60. The van der Waals surface area contributed by atoms with Crippen LogP contribution in [0.3, 0.4) is 0 Å². The van der Waals surface area contributed by atoms with E-state index in [4.69, 9.17) is 0 Å². The summed E-state index contributed by atoms with van der Waals surface area (Å²) < 4.78 is 25.1. The lowest BCUT2D eigenvalue weighted by Gasteiger charge is -2.38. The van der Waals surface area contributed by atoms with Gasteiger partial charge in [0.25, 0.3) is 0 Å². The average molecular weight is 312 g/mol. The van der Waals surface area contributed by atoms with E-state index in [-0.39, 0.29) is 6.33 Å². The zero-order valence-electron chi connectivity index (χ0n) is 14.3. The maximum Gasteiger partial charge on any atom is 0.128 e. The van der Waals surface area contributed by atoms with E-state index in [0.29, 0.717) is 12.3 Å². The summed E-state index contributed by atoms with van der Waals surface area (Å²) in [6.45, 7) is 2.28. The van der Waals surface area contributed by atoms with Crippen LogP contribution in [0.5, 0.6) is 0 Å². The Morgan fingerprint density at radius 2 is 1.41 bits per heavy atom. The molecule has 22 heavy (non-hydrogen) atoms. The topological polar surface area (TPSA) is 0 Å². The van der Waals surface area contributed by atoms with E-state index in [1.165, 1.54) is 64.2 Å². The molecule has 0 aliphatic heterocycles. The van der Waals surface area contributed by atoms with Crippen molar-refractivity contribution in [3.63, 3.8) is 0 Å². The second-order valence-corrected chi connectivity index (χ2v) is 7.82. The quantitative estimate of drug-likeness (QED) is 0.431. The van der Waals surface area contributed by atoms with Crippen molar-refractivity contribution < 1.29 is 8.78 Å². The normalized spacial score (nSPS) is 33.9. The molecule has 0 heterocycles. The molecule has 0 radical (unpaired) electrons. The van der Waals surface area contributed by atoms with Gasteiger partial charge in [-0.2, -0.15) is 0 Å². The van der Waals surface area contributed by atoms with Gasteiger partial charge < -0.3 is 0 Å². The van der Waals surface area contributed by atoms with E-state index in [2.05, 4.69) is 6.92 Å². The molecule has 128 valence electrons. The maximum absolute atomic E-state index is 13.0. The van der Waals surface area contributed by atoms with Gasteiger partial charge in [-0.3, -0.25) is 0 Å². The molecule has 0 amide bonds. The first-order valence-corrected chi connectivity index (χ1v) is 9.67. The van der Waals surface area contributed by atoms with Crippen LogP contribution in [0.15, 0.2) is 12.2 Å². The highest BCUT2D eigenvalue weighted by Gasteiger charge is 2.30. The molecule has 2 aliphatic rings. The van der Waals surface area contributed by atoms with Crippen molar-refractivity contribution in [3.8, 4) is 0 Å². The molecule has 0 nitrogen and oxygen atoms in total. The van der Waals surface area contributed by atoms with Gasteiger partial charge in [-0.25, -0.2) is 8.78 Å². The SMILES string of the molecule is CCCCCC1CCC(C2CCC(C/C(F)=C\F)CC2)CC1. The van der Waals surface area contributed by atoms with Crippen LogP contribution in [0.2, 0.25) is 0 Å². The van der Waals surface area contributed by atoms with Crippen LogP contribution < -0.4 is 0 Å². The lowest BCUT2D eigenvalue weighted by atomic mass is 9.68. The van der Waals surface area contributed by atoms with Crippen LogP contribution in [0, 0.1) is 23.7 Å². The first-order chi connectivity index (χ1) is 10.7. The third-order valence-electron chi connectivity index (χ3n) is 6.27. The van der Waals surface area contributed by atoms with Crippen molar-refractivity contribution in [1.29, 1.82) is 0 Å². The molecule has 0 unspecified atom stereocenters. The highest BCUT2D eigenvalue weighted by atomic mass is 19.2. The van der Waals surface area contributed by atoms with Crippen LogP contribution in [0.4, 0.5) is 8.78 Å². The molecule has 2 heteroatoms. The van der Waals surface area contributed by atoms with E-state index in [1.54, 1.807) is 0 Å². The average Bonchev–Trinajstić information content (AvgIpc) is 2.56. The third kappa shape index (κ3) is 5.66. The maximum atomic E-state index is 13.0. The highest BCUT2D eigenvalue weighted by molar-refractivity contribution is 4.90. The molecule has 0 aromatic rings. The number of hydrogen-bond donors (Lipinski definition) is 0. The Hall–Kier alpha value is -0.400. The monoisotopic (exact) mass is 312 g/mol. The van der Waals surface area contributed by atoms with Gasteiger partial charge in [-0.15, -0.1) is 0 Å². The largest absolute Gasteiger partial charge is 0.213 e. The summed E-state index contributed by atoms with van der Waals surface area (Å²) >= 11 is 0. The molecule has 0 N–H and O–H groups in total. The molecule has 2 aliphatic carbocycles. The van der Waals surface area contributed by atoms with Crippen molar-refractivity contribution in [2.75, 3.05) is 0 Å². The van der Waals surface area contributed by atoms with Crippen molar-refractivity contribution in [1.82, 2.24) is 0 Å². The fourth-order valence-corrected chi connectivity index (χ4v) is 4.82. The fourth-order valence-electron chi connectivity index (χ4n) is 4.82. The first kappa shape index (κ1) is 17.9. The summed E-state index contributed by atoms with van der Waals surface area (Å²) in [5.41, 5.74) is 0. The molecule has 2 fully saturated rings. The van der Waals surface area contributed by atoms with Gasteiger partial charge in [0.15, 0.2) is 0 Å².